The first-order valence-corrected chi connectivity index (χ1v) is 4.47. The quantitative estimate of drug-likeness (QED) is 0.763. The van der Waals surface area contributed by atoms with Crippen molar-refractivity contribution in [3.8, 4) is 5.75 Å². The molecule has 1 aromatic heterocycles. The van der Waals surface area contributed by atoms with Gasteiger partial charge in [-0.25, -0.2) is 0 Å². The number of hydrogen-bond donors (Lipinski definition) is 1. The Morgan fingerprint density at radius 1 is 1.50 bits per heavy atom. The second-order valence-electron chi connectivity index (χ2n) is 2.91. The molecule has 1 heterocycles. The first-order valence-electron chi connectivity index (χ1n) is 4.47. The van der Waals surface area contributed by atoms with Gasteiger partial charge in [0.15, 0.2) is 0 Å². The molecule has 0 amide bonds. The summed E-state index contributed by atoms with van der Waals surface area (Å²) in [6, 6.07) is 2.07. The highest BCUT2D eigenvalue weighted by Crippen LogP contribution is 2.23. The number of hydrogen-bond acceptors (Lipinski definition) is 4. The summed E-state index contributed by atoms with van der Waals surface area (Å²) in [5, 5.41) is 3.16. The van der Waals surface area contributed by atoms with Gasteiger partial charge in [0.1, 0.15) is 5.75 Å². The Bertz CT molecular complexity index is 279. The molecule has 14 heavy (non-hydrogen) atoms. The van der Waals surface area contributed by atoms with Gasteiger partial charge in [0, 0.05) is 18.9 Å². The minimum atomic E-state index is 0.137. The van der Waals surface area contributed by atoms with Crippen LogP contribution in [0.15, 0.2) is 18.5 Å². The van der Waals surface area contributed by atoms with Crippen molar-refractivity contribution in [2.24, 2.45) is 0 Å². The maximum Gasteiger partial charge on any atom is 0.142 e. The van der Waals surface area contributed by atoms with Crippen molar-refractivity contribution >= 4 is 0 Å². The SMILES string of the molecule is CNC(COC)c1ccncc1OC. The first-order chi connectivity index (χ1) is 6.83. The van der Waals surface area contributed by atoms with Crippen LogP contribution in [0.5, 0.6) is 5.75 Å². The number of ether oxygens (including phenoxy) is 2. The van der Waals surface area contributed by atoms with Crippen molar-refractivity contribution < 1.29 is 9.47 Å². The highest BCUT2D eigenvalue weighted by molar-refractivity contribution is 5.32. The summed E-state index contributed by atoms with van der Waals surface area (Å²) in [4.78, 5) is 4.00. The molecule has 0 fully saturated rings. The molecule has 0 aromatic carbocycles. The summed E-state index contributed by atoms with van der Waals surface area (Å²) in [5.74, 6) is 0.781. The Hall–Kier alpha value is -1.13. The van der Waals surface area contributed by atoms with Crippen LogP contribution in [-0.2, 0) is 4.74 Å². The Morgan fingerprint density at radius 3 is 2.86 bits per heavy atom. The van der Waals surface area contributed by atoms with Crippen LogP contribution in [0.3, 0.4) is 0 Å². The Balaban J connectivity index is 2.90. The summed E-state index contributed by atoms with van der Waals surface area (Å²) >= 11 is 0. The number of nitrogens with one attached hydrogen (secondary N) is 1. The van der Waals surface area contributed by atoms with Crippen molar-refractivity contribution in [1.82, 2.24) is 10.3 Å². The lowest BCUT2D eigenvalue weighted by atomic mass is 10.1. The Morgan fingerprint density at radius 2 is 2.29 bits per heavy atom. The molecule has 1 aromatic rings. The van der Waals surface area contributed by atoms with Crippen molar-refractivity contribution in [2.45, 2.75) is 6.04 Å². The van der Waals surface area contributed by atoms with Gasteiger partial charge in [-0.2, -0.15) is 0 Å². The van der Waals surface area contributed by atoms with E-state index in [0.29, 0.717) is 6.61 Å². The van der Waals surface area contributed by atoms with Crippen molar-refractivity contribution in [1.29, 1.82) is 0 Å². The minimum Gasteiger partial charge on any atom is -0.495 e. The van der Waals surface area contributed by atoms with Crippen molar-refractivity contribution in [3.05, 3.63) is 24.0 Å². The van der Waals surface area contributed by atoms with E-state index in [-0.39, 0.29) is 6.04 Å². The lowest BCUT2D eigenvalue weighted by Gasteiger charge is -2.17. The molecule has 0 aliphatic heterocycles. The van der Waals surface area contributed by atoms with E-state index in [1.807, 2.05) is 13.1 Å². The molecule has 0 saturated heterocycles. The van der Waals surface area contributed by atoms with E-state index in [2.05, 4.69) is 10.3 Å². The van der Waals surface area contributed by atoms with E-state index in [4.69, 9.17) is 9.47 Å². The van der Waals surface area contributed by atoms with Gasteiger partial charge in [0.25, 0.3) is 0 Å². The smallest absolute Gasteiger partial charge is 0.142 e. The van der Waals surface area contributed by atoms with Gasteiger partial charge in [-0.3, -0.25) is 4.98 Å². The van der Waals surface area contributed by atoms with E-state index in [1.54, 1.807) is 26.6 Å². The van der Waals surface area contributed by atoms with E-state index in [0.717, 1.165) is 11.3 Å². The summed E-state index contributed by atoms with van der Waals surface area (Å²) in [6.07, 6.45) is 3.45. The largest absolute Gasteiger partial charge is 0.495 e. The molecule has 0 aliphatic carbocycles. The Kier molecular flexibility index (Phi) is 4.35. The van der Waals surface area contributed by atoms with Crippen LogP contribution in [0.4, 0.5) is 0 Å². The molecule has 0 saturated carbocycles. The average Bonchev–Trinajstić information content (AvgIpc) is 2.26. The van der Waals surface area contributed by atoms with Gasteiger partial charge >= 0.3 is 0 Å². The summed E-state index contributed by atoms with van der Waals surface area (Å²) in [5.41, 5.74) is 1.06. The maximum atomic E-state index is 5.22. The molecule has 78 valence electrons. The Labute approximate surface area is 84.3 Å². The number of pyridine rings is 1. The number of aromatic nitrogens is 1. The molecule has 4 nitrogen and oxygen atoms in total. The molecule has 1 rings (SSSR count). The number of likely N-dealkylation sites (N-methyl/N-ethyl adjacent to an activating group) is 1. The predicted molar refractivity (Wildman–Crippen MR) is 54.5 cm³/mol. The van der Waals surface area contributed by atoms with E-state index in [9.17, 15) is 0 Å². The third kappa shape index (κ3) is 2.43. The van der Waals surface area contributed by atoms with Crippen LogP contribution in [-0.4, -0.2) is 32.9 Å². The lowest BCUT2D eigenvalue weighted by Crippen LogP contribution is -2.21. The zero-order valence-corrected chi connectivity index (χ0v) is 8.78. The monoisotopic (exact) mass is 196 g/mol. The molecule has 1 atom stereocenters. The molecule has 4 heteroatoms. The fraction of sp³-hybridized carbons (Fsp3) is 0.500. The van der Waals surface area contributed by atoms with Crippen LogP contribution in [0.25, 0.3) is 0 Å². The average molecular weight is 196 g/mol. The number of rotatable bonds is 5. The molecule has 0 radical (unpaired) electrons. The third-order valence-corrected chi connectivity index (χ3v) is 2.09. The van der Waals surface area contributed by atoms with Gasteiger partial charge in [0.2, 0.25) is 0 Å². The summed E-state index contributed by atoms with van der Waals surface area (Å²) < 4.78 is 10.3. The van der Waals surface area contributed by atoms with Gasteiger partial charge in [-0.05, 0) is 13.1 Å². The van der Waals surface area contributed by atoms with Gasteiger partial charge < -0.3 is 14.8 Å². The molecule has 0 aliphatic rings. The van der Waals surface area contributed by atoms with E-state index in [1.165, 1.54) is 0 Å². The van der Waals surface area contributed by atoms with Crippen molar-refractivity contribution in [3.63, 3.8) is 0 Å². The molecular formula is C10H16N2O2. The minimum absolute atomic E-state index is 0.137. The van der Waals surface area contributed by atoms with Crippen LogP contribution in [0.1, 0.15) is 11.6 Å². The van der Waals surface area contributed by atoms with Crippen LogP contribution < -0.4 is 10.1 Å². The van der Waals surface area contributed by atoms with E-state index >= 15 is 0 Å². The van der Waals surface area contributed by atoms with Gasteiger partial charge in [-0.15, -0.1) is 0 Å². The third-order valence-electron chi connectivity index (χ3n) is 2.09. The summed E-state index contributed by atoms with van der Waals surface area (Å²) in [6.45, 7) is 0.608. The first kappa shape index (κ1) is 10.9. The molecule has 1 unspecified atom stereocenters. The molecular weight excluding hydrogens is 180 g/mol. The lowest BCUT2D eigenvalue weighted by molar-refractivity contribution is 0.169. The second kappa shape index (κ2) is 5.57. The second-order valence-corrected chi connectivity index (χ2v) is 2.91. The van der Waals surface area contributed by atoms with Gasteiger partial charge in [-0.1, -0.05) is 0 Å². The fourth-order valence-corrected chi connectivity index (χ4v) is 1.34. The zero-order valence-electron chi connectivity index (χ0n) is 8.78. The van der Waals surface area contributed by atoms with E-state index < -0.39 is 0 Å². The highest BCUT2D eigenvalue weighted by atomic mass is 16.5. The number of nitrogens with zero attached hydrogens (tertiary/aromatic N) is 1. The molecule has 0 bridgehead atoms. The van der Waals surface area contributed by atoms with Gasteiger partial charge in [0.05, 0.1) is 26.0 Å². The van der Waals surface area contributed by atoms with Crippen LogP contribution in [0, 0.1) is 0 Å². The fourth-order valence-electron chi connectivity index (χ4n) is 1.34. The predicted octanol–water partition coefficient (Wildman–Crippen LogP) is 0.997. The normalized spacial score (nSPS) is 12.5. The topological polar surface area (TPSA) is 43.4 Å². The van der Waals surface area contributed by atoms with Crippen LogP contribution >= 0.6 is 0 Å². The van der Waals surface area contributed by atoms with Crippen molar-refractivity contribution in [2.75, 3.05) is 27.9 Å². The number of methoxy groups -OCH3 is 2. The molecule has 0 spiro atoms. The highest BCUT2D eigenvalue weighted by Gasteiger charge is 2.13. The standard InChI is InChI=1S/C10H16N2O2/c1-11-9(7-13-2)8-4-5-12-6-10(8)14-3/h4-6,9,11H,7H2,1-3H3. The van der Waals surface area contributed by atoms with Crippen LogP contribution in [0.2, 0.25) is 0 Å². The summed E-state index contributed by atoms with van der Waals surface area (Å²) in [7, 11) is 5.21. The maximum absolute atomic E-state index is 5.22. The molecule has 1 N–H and O–H groups in total. The zero-order chi connectivity index (χ0) is 10.4.